The Morgan fingerprint density at radius 3 is 2.70 bits per heavy atom. The van der Waals surface area contributed by atoms with Gasteiger partial charge in [-0.3, -0.25) is 15.5 Å². The highest BCUT2D eigenvalue weighted by atomic mass is 19.4. The van der Waals surface area contributed by atoms with Gasteiger partial charge in [0, 0.05) is 25.6 Å². The van der Waals surface area contributed by atoms with E-state index in [1.165, 1.54) is 20.1 Å². The second-order valence-electron chi connectivity index (χ2n) is 6.76. The third kappa shape index (κ3) is 6.16. The fourth-order valence-electron chi connectivity index (χ4n) is 2.86. The number of hydrazine groups is 1. The number of carbonyl (C=O) groups excluding carboxylic acids is 1. The van der Waals surface area contributed by atoms with Gasteiger partial charge < -0.3 is 14.8 Å². The Kier molecular flexibility index (Phi) is 7.20. The van der Waals surface area contributed by atoms with Gasteiger partial charge in [0.1, 0.15) is 6.17 Å². The minimum absolute atomic E-state index is 0.0688. The maximum absolute atomic E-state index is 13.1. The van der Waals surface area contributed by atoms with Crippen LogP contribution in [0.25, 0.3) is 0 Å². The topological polar surface area (TPSA) is 96.0 Å². The Balaban J connectivity index is 2.14. The van der Waals surface area contributed by atoms with Crippen molar-refractivity contribution in [2.24, 2.45) is 4.99 Å². The van der Waals surface area contributed by atoms with Crippen molar-refractivity contribution >= 4 is 11.9 Å². The molecule has 0 aliphatic carbocycles. The van der Waals surface area contributed by atoms with E-state index in [2.05, 4.69) is 26.5 Å². The van der Waals surface area contributed by atoms with Gasteiger partial charge in [-0.2, -0.15) is 13.2 Å². The molecule has 2 heterocycles. The number of amides is 1. The molecule has 2 aliphatic heterocycles. The molecule has 0 aromatic heterocycles. The number of methoxy groups -OCH3 is 1. The molecule has 0 aromatic rings. The van der Waals surface area contributed by atoms with Crippen molar-refractivity contribution in [1.82, 2.24) is 21.5 Å². The molecule has 0 spiro atoms. The lowest BCUT2D eigenvalue weighted by Gasteiger charge is -2.21. The SMILES string of the molecule is COC[C@H](C)NC(=NC1CC(C)NN1)NC(=O)C1=CC(C)OC1C(F)(F)F. The molecule has 0 bridgehead atoms. The fourth-order valence-corrected chi connectivity index (χ4v) is 2.86. The summed E-state index contributed by atoms with van der Waals surface area (Å²) in [6.45, 7) is 5.53. The van der Waals surface area contributed by atoms with Gasteiger partial charge in [-0.1, -0.05) is 0 Å². The lowest BCUT2D eigenvalue weighted by molar-refractivity contribution is -0.207. The van der Waals surface area contributed by atoms with Gasteiger partial charge in [-0.25, -0.2) is 10.4 Å². The van der Waals surface area contributed by atoms with E-state index in [1.54, 1.807) is 6.92 Å². The van der Waals surface area contributed by atoms with Crippen LogP contribution in [0.15, 0.2) is 16.6 Å². The molecule has 8 nitrogen and oxygen atoms in total. The predicted molar refractivity (Wildman–Crippen MR) is 92.7 cm³/mol. The standard InChI is InChI=1S/C16H26F3N5O3/c1-8-5-12(24-23-8)21-15(20-9(2)7-26-4)22-14(25)11-6-10(3)27-13(11)16(17,18)19/h6,8-10,12-13,23-24H,5,7H2,1-4H3,(H2,20,21,22,25)/t8?,9-,10?,12?,13?/m0/s1. The molecule has 154 valence electrons. The molecular formula is C16H26F3N5O3. The Morgan fingerprint density at radius 2 is 2.15 bits per heavy atom. The predicted octanol–water partition coefficient (Wildman–Crippen LogP) is 0.572. The third-order valence-corrected chi connectivity index (χ3v) is 4.00. The van der Waals surface area contributed by atoms with Gasteiger partial charge in [0.25, 0.3) is 5.91 Å². The van der Waals surface area contributed by atoms with Crippen LogP contribution in [0.4, 0.5) is 13.2 Å². The van der Waals surface area contributed by atoms with Crippen LogP contribution in [0.2, 0.25) is 0 Å². The van der Waals surface area contributed by atoms with Gasteiger partial charge >= 0.3 is 6.18 Å². The van der Waals surface area contributed by atoms with E-state index in [9.17, 15) is 18.0 Å². The highest BCUT2D eigenvalue weighted by Gasteiger charge is 2.49. The van der Waals surface area contributed by atoms with E-state index in [0.717, 1.165) is 0 Å². The monoisotopic (exact) mass is 393 g/mol. The van der Waals surface area contributed by atoms with Gasteiger partial charge in [-0.15, -0.1) is 0 Å². The number of hydrogen-bond donors (Lipinski definition) is 4. The highest BCUT2D eigenvalue weighted by molar-refractivity contribution is 6.06. The van der Waals surface area contributed by atoms with E-state index >= 15 is 0 Å². The van der Waals surface area contributed by atoms with Crippen molar-refractivity contribution in [2.45, 2.75) is 63.8 Å². The number of aliphatic imine (C=N–C) groups is 1. The van der Waals surface area contributed by atoms with Crippen LogP contribution in [0.5, 0.6) is 0 Å². The van der Waals surface area contributed by atoms with E-state index < -0.39 is 29.9 Å². The Labute approximate surface area is 155 Å². The molecule has 2 rings (SSSR count). The van der Waals surface area contributed by atoms with Crippen LogP contribution >= 0.6 is 0 Å². The summed E-state index contributed by atoms with van der Waals surface area (Å²) in [4.78, 5) is 16.8. The van der Waals surface area contributed by atoms with Gasteiger partial charge in [-0.05, 0) is 26.8 Å². The summed E-state index contributed by atoms with van der Waals surface area (Å²) in [6, 6.07) is -0.0412. The molecule has 27 heavy (non-hydrogen) atoms. The van der Waals surface area contributed by atoms with Crippen molar-refractivity contribution < 1.29 is 27.4 Å². The van der Waals surface area contributed by atoms with Gasteiger partial charge in [0.2, 0.25) is 0 Å². The van der Waals surface area contributed by atoms with E-state index in [-0.39, 0.29) is 24.2 Å². The molecule has 11 heteroatoms. The Hall–Kier alpha value is -1.69. The summed E-state index contributed by atoms with van der Waals surface area (Å²) in [5.41, 5.74) is 5.46. The maximum atomic E-state index is 13.1. The highest BCUT2D eigenvalue weighted by Crippen LogP contribution is 2.33. The molecule has 2 aliphatic rings. The summed E-state index contributed by atoms with van der Waals surface area (Å²) in [7, 11) is 1.52. The zero-order valence-electron chi connectivity index (χ0n) is 15.7. The second-order valence-corrected chi connectivity index (χ2v) is 6.76. The molecule has 4 N–H and O–H groups in total. The first-order valence-electron chi connectivity index (χ1n) is 8.69. The Morgan fingerprint density at radius 1 is 1.44 bits per heavy atom. The molecule has 0 radical (unpaired) electrons. The van der Waals surface area contributed by atoms with Crippen LogP contribution in [0.3, 0.4) is 0 Å². The number of guanidine groups is 1. The number of ether oxygens (including phenoxy) is 2. The number of nitrogens with zero attached hydrogens (tertiary/aromatic N) is 1. The number of nitrogens with one attached hydrogen (secondary N) is 4. The zero-order chi connectivity index (χ0) is 20.2. The molecular weight excluding hydrogens is 367 g/mol. The summed E-state index contributed by atoms with van der Waals surface area (Å²) >= 11 is 0. The molecule has 0 saturated carbocycles. The Bertz CT molecular complexity index is 596. The molecule has 5 atom stereocenters. The quantitative estimate of drug-likeness (QED) is 0.403. The number of rotatable bonds is 5. The van der Waals surface area contributed by atoms with Crippen molar-refractivity contribution in [3.63, 3.8) is 0 Å². The maximum Gasteiger partial charge on any atom is 0.419 e. The van der Waals surface area contributed by atoms with Crippen molar-refractivity contribution in [3.8, 4) is 0 Å². The summed E-state index contributed by atoms with van der Waals surface area (Å²) in [5, 5.41) is 5.40. The van der Waals surface area contributed by atoms with Crippen LogP contribution in [-0.2, 0) is 14.3 Å². The van der Waals surface area contributed by atoms with Crippen LogP contribution < -0.4 is 21.5 Å². The number of alkyl halides is 3. The van der Waals surface area contributed by atoms with Crippen LogP contribution in [-0.4, -0.2) is 62.2 Å². The van der Waals surface area contributed by atoms with Gasteiger partial charge in [0.15, 0.2) is 12.1 Å². The summed E-state index contributed by atoms with van der Waals surface area (Å²) < 4.78 is 49.3. The lowest BCUT2D eigenvalue weighted by Crippen LogP contribution is -2.49. The third-order valence-electron chi connectivity index (χ3n) is 4.00. The largest absolute Gasteiger partial charge is 0.419 e. The molecule has 0 aromatic carbocycles. The van der Waals surface area contributed by atoms with Crippen molar-refractivity contribution in [1.29, 1.82) is 0 Å². The van der Waals surface area contributed by atoms with Gasteiger partial charge in [0.05, 0.1) is 18.3 Å². The minimum Gasteiger partial charge on any atom is -0.383 e. The first kappa shape index (κ1) is 21.6. The van der Waals surface area contributed by atoms with E-state index in [0.29, 0.717) is 13.0 Å². The first-order chi connectivity index (χ1) is 12.6. The molecule has 1 amide bonds. The molecule has 4 unspecified atom stereocenters. The summed E-state index contributed by atoms with van der Waals surface area (Å²) in [5.74, 6) is -0.837. The summed E-state index contributed by atoms with van der Waals surface area (Å²) in [6.07, 6.45) is -6.23. The fraction of sp³-hybridized carbons (Fsp3) is 0.750. The normalized spacial score (nSPS) is 30.2. The zero-order valence-corrected chi connectivity index (χ0v) is 15.7. The number of halogens is 3. The smallest absolute Gasteiger partial charge is 0.383 e. The van der Waals surface area contributed by atoms with Crippen molar-refractivity contribution in [3.05, 3.63) is 11.6 Å². The molecule has 1 fully saturated rings. The number of hydrogen-bond acceptors (Lipinski definition) is 6. The van der Waals surface area contributed by atoms with E-state index in [1.807, 2.05) is 6.92 Å². The number of carbonyl (C=O) groups is 1. The van der Waals surface area contributed by atoms with Crippen molar-refractivity contribution in [2.75, 3.05) is 13.7 Å². The van der Waals surface area contributed by atoms with Crippen LogP contribution in [0.1, 0.15) is 27.2 Å². The second kappa shape index (κ2) is 9.00. The first-order valence-corrected chi connectivity index (χ1v) is 8.69. The van der Waals surface area contributed by atoms with Crippen LogP contribution in [0, 0.1) is 0 Å². The molecule has 1 saturated heterocycles. The lowest BCUT2D eigenvalue weighted by atomic mass is 10.1. The van der Waals surface area contributed by atoms with E-state index in [4.69, 9.17) is 9.47 Å². The average molecular weight is 393 g/mol. The minimum atomic E-state index is -4.67. The average Bonchev–Trinajstić information content (AvgIpc) is 3.13.